The second kappa shape index (κ2) is 6.23. The molecule has 1 aromatic heterocycles. The lowest BCUT2D eigenvalue weighted by molar-refractivity contribution is -0.143. The molecule has 0 radical (unpaired) electrons. The molecule has 0 aromatic carbocycles. The summed E-state index contributed by atoms with van der Waals surface area (Å²) in [6, 6.07) is 3.65. The molecule has 0 N–H and O–H groups in total. The van der Waals surface area contributed by atoms with Gasteiger partial charge in [0.15, 0.2) is 0 Å². The van der Waals surface area contributed by atoms with Crippen molar-refractivity contribution >= 4 is 11.9 Å². The number of carbonyl (C=O) groups excluding carboxylic acids is 2. The van der Waals surface area contributed by atoms with Gasteiger partial charge in [0.2, 0.25) is 0 Å². The molecule has 0 atom stereocenters. The van der Waals surface area contributed by atoms with Crippen LogP contribution in [0.3, 0.4) is 0 Å². The van der Waals surface area contributed by atoms with E-state index in [0.717, 1.165) is 5.69 Å². The summed E-state index contributed by atoms with van der Waals surface area (Å²) in [6.07, 6.45) is 0. The largest absolute Gasteiger partial charge is 0.465 e. The molecule has 0 fully saturated rings. The Kier molecular flexibility index (Phi) is 4.95. The topological polar surface area (TPSA) is 51.5 Å². The van der Waals surface area contributed by atoms with Gasteiger partial charge in [0.05, 0.1) is 6.61 Å². The Morgan fingerprint density at radius 1 is 1.33 bits per heavy atom. The molecule has 0 unspecified atom stereocenters. The first-order valence-electron chi connectivity index (χ1n) is 6.08. The van der Waals surface area contributed by atoms with Gasteiger partial charge >= 0.3 is 5.97 Å². The minimum absolute atomic E-state index is 0.00655. The summed E-state index contributed by atoms with van der Waals surface area (Å²) >= 11 is 0. The van der Waals surface area contributed by atoms with E-state index in [9.17, 15) is 9.59 Å². The van der Waals surface area contributed by atoms with Crippen molar-refractivity contribution in [1.82, 2.24) is 9.47 Å². The quantitative estimate of drug-likeness (QED) is 0.743. The summed E-state index contributed by atoms with van der Waals surface area (Å²) in [4.78, 5) is 25.1. The average Bonchev–Trinajstić information content (AvgIpc) is 2.67. The molecule has 5 heteroatoms. The number of carbonyl (C=O) groups is 2. The van der Waals surface area contributed by atoms with Gasteiger partial charge in [0.25, 0.3) is 5.91 Å². The van der Waals surface area contributed by atoms with Crippen LogP contribution in [0.25, 0.3) is 0 Å². The molecule has 5 nitrogen and oxygen atoms in total. The molecule has 18 heavy (non-hydrogen) atoms. The van der Waals surface area contributed by atoms with Crippen molar-refractivity contribution in [2.75, 3.05) is 19.7 Å². The van der Waals surface area contributed by atoms with Crippen LogP contribution in [0.1, 0.15) is 30.0 Å². The van der Waals surface area contributed by atoms with E-state index >= 15 is 0 Å². The Morgan fingerprint density at radius 2 is 2.00 bits per heavy atom. The van der Waals surface area contributed by atoms with Gasteiger partial charge in [-0.2, -0.15) is 0 Å². The maximum Gasteiger partial charge on any atom is 0.325 e. The summed E-state index contributed by atoms with van der Waals surface area (Å²) in [5.41, 5.74) is 1.59. The van der Waals surface area contributed by atoms with E-state index in [-0.39, 0.29) is 18.4 Å². The fourth-order valence-corrected chi connectivity index (χ4v) is 1.68. The standard InChI is InChI=1S/C13H20N2O3/c1-5-15(9-12(16)18-6-2)13(17)11-8-7-10(3)14(11)4/h7-8H,5-6,9H2,1-4H3. The van der Waals surface area contributed by atoms with Gasteiger partial charge in [-0.25, -0.2) is 0 Å². The summed E-state index contributed by atoms with van der Waals surface area (Å²) in [5, 5.41) is 0. The Labute approximate surface area is 107 Å². The Morgan fingerprint density at radius 3 is 2.44 bits per heavy atom. The van der Waals surface area contributed by atoms with Crippen LogP contribution in [0, 0.1) is 6.92 Å². The van der Waals surface area contributed by atoms with Crippen LogP contribution in [0.4, 0.5) is 0 Å². The highest BCUT2D eigenvalue weighted by Crippen LogP contribution is 2.09. The van der Waals surface area contributed by atoms with Crippen molar-refractivity contribution in [3.05, 3.63) is 23.5 Å². The van der Waals surface area contributed by atoms with Gasteiger partial charge in [-0.15, -0.1) is 0 Å². The van der Waals surface area contributed by atoms with Crippen LogP contribution in [-0.2, 0) is 16.6 Å². The number of amides is 1. The SMILES string of the molecule is CCOC(=O)CN(CC)C(=O)c1ccc(C)n1C. The van der Waals surface area contributed by atoms with Crippen LogP contribution in [-0.4, -0.2) is 41.0 Å². The second-order valence-corrected chi connectivity index (χ2v) is 4.04. The summed E-state index contributed by atoms with van der Waals surface area (Å²) < 4.78 is 6.67. The summed E-state index contributed by atoms with van der Waals surface area (Å²) in [6.45, 7) is 6.31. The molecule has 0 spiro atoms. The molecule has 0 bridgehead atoms. The second-order valence-electron chi connectivity index (χ2n) is 4.04. The molecular formula is C13H20N2O3. The molecule has 0 aliphatic rings. The molecule has 0 aliphatic heterocycles. The number of hydrogen-bond donors (Lipinski definition) is 0. The fourth-order valence-electron chi connectivity index (χ4n) is 1.68. The van der Waals surface area contributed by atoms with Crippen molar-refractivity contribution in [3.63, 3.8) is 0 Å². The van der Waals surface area contributed by atoms with Crippen LogP contribution < -0.4 is 0 Å². The molecule has 0 aliphatic carbocycles. The predicted molar refractivity (Wildman–Crippen MR) is 68.4 cm³/mol. The minimum atomic E-state index is -0.376. The summed E-state index contributed by atoms with van der Waals surface area (Å²) in [7, 11) is 1.83. The van der Waals surface area contributed by atoms with Crippen molar-refractivity contribution in [1.29, 1.82) is 0 Å². The first-order valence-corrected chi connectivity index (χ1v) is 6.08. The van der Waals surface area contributed by atoms with Gasteiger partial charge in [-0.3, -0.25) is 9.59 Å². The Hall–Kier alpha value is -1.78. The lowest BCUT2D eigenvalue weighted by Crippen LogP contribution is -2.37. The number of rotatable bonds is 5. The maximum absolute atomic E-state index is 12.2. The van der Waals surface area contributed by atoms with Crippen LogP contribution in [0.15, 0.2) is 12.1 Å². The van der Waals surface area contributed by atoms with Crippen molar-refractivity contribution in [3.8, 4) is 0 Å². The third-order valence-electron chi connectivity index (χ3n) is 2.89. The molecule has 0 saturated heterocycles. The fraction of sp³-hybridized carbons (Fsp3) is 0.538. The van der Waals surface area contributed by atoms with Gasteiger partial charge in [-0.1, -0.05) is 0 Å². The summed E-state index contributed by atoms with van der Waals surface area (Å²) in [5.74, 6) is -0.528. The van der Waals surface area contributed by atoms with E-state index in [1.165, 1.54) is 4.90 Å². The van der Waals surface area contributed by atoms with E-state index in [1.54, 1.807) is 13.0 Å². The molecule has 1 heterocycles. The highest BCUT2D eigenvalue weighted by molar-refractivity contribution is 5.94. The smallest absolute Gasteiger partial charge is 0.325 e. The first-order chi connectivity index (χ1) is 8.51. The van der Waals surface area contributed by atoms with E-state index in [4.69, 9.17) is 4.74 Å². The zero-order chi connectivity index (χ0) is 13.7. The van der Waals surface area contributed by atoms with Crippen molar-refractivity contribution in [2.24, 2.45) is 7.05 Å². The van der Waals surface area contributed by atoms with Gasteiger partial charge < -0.3 is 14.2 Å². The number of aryl methyl sites for hydroxylation is 1. The van der Waals surface area contributed by atoms with Crippen LogP contribution in [0.5, 0.6) is 0 Å². The molecular weight excluding hydrogens is 232 g/mol. The first kappa shape index (κ1) is 14.3. The van der Waals surface area contributed by atoms with Crippen molar-refractivity contribution in [2.45, 2.75) is 20.8 Å². The van der Waals surface area contributed by atoms with E-state index in [0.29, 0.717) is 18.8 Å². The average molecular weight is 252 g/mol. The monoisotopic (exact) mass is 252 g/mol. The maximum atomic E-state index is 12.2. The van der Waals surface area contributed by atoms with Crippen molar-refractivity contribution < 1.29 is 14.3 Å². The molecule has 100 valence electrons. The number of likely N-dealkylation sites (N-methyl/N-ethyl adjacent to an activating group) is 1. The normalized spacial score (nSPS) is 10.2. The lowest BCUT2D eigenvalue weighted by atomic mass is 10.3. The van der Waals surface area contributed by atoms with Gasteiger partial charge in [0, 0.05) is 19.3 Å². The lowest BCUT2D eigenvalue weighted by Gasteiger charge is -2.20. The van der Waals surface area contributed by atoms with Gasteiger partial charge in [0.1, 0.15) is 12.2 Å². The molecule has 1 rings (SSSR count). The molecule has 1 amide bonds. The number of ether oxygens (including phenoxy) is 1. The number of aromatic nitrogens is 1. The van der Waals surface area contributed by atoms with Crippen LogP contribution >= 0.6 is 0 Å². The van der Waals surface area contributed by atoms with Gasteiger partial charge in [-0.05, 0) is 32.9 Å². The third kappa shape index (κ3) is 3.12. The number of esters is 1. The third-order valence-corrected chi connectivity index (χ3v) is 2.89. The van der Waals surface area contributed by atoms with E-state index in [1.807, 2.05) is 31.5 Å². The molecule has 0 saturated carbocycles. The number of nitrogens with zero attached hydrogens (tertiary/aromatic N) is 2. The highest BCUT2D eigenvalue weighted by Gasteiger charge is 2.20. The predicted octanol–water partition coefficient (Wildman–Crippen LogP) is 1.36. The Bertz CT molecular complexity index is 437. The van der Waals surface area contributed by atoms with E-state index in [2.05, 4.69) is 0 Å². The molecule has 1 aromatic rings. The number of hydrogen-bond acceptors (Lipinski definition) is 3. The minimum Gasteiger partial charge on any atom is -0.465 e. The zero-order valence-electron chi connectivity index (χ0n) is 11.4. The zero-order valence-corrected chi connectivity index (χ0v) is 11.4. The highest BCUT2D eigenvalue weighted by atomic mass is 16.5. The van der Waals surface area contributed by atoms with Crippen LogP contribution in [0.2, 0.25) is 0 Å². The Balaban J connectivity index is 2.80. The van der Waals surface area contributed by atoms with E-state index < -0.39 is 0 Å².